The molecule has 0 spiro atoms. The minimum absolute atomic E-state index is 0.00780. The lowest BCUT2D eigenvalue weighted by atomic mass is 9.98. The highest BCUT2D eigenvalue weighted by molar-refractivity contribution is 6.33. The van der Waals surface area contributed by atoms with Crippen molar-refractivity contribution in [2.24, 2.45) is 10.7 Å². The fourth-order valence-electron chi connectivity index (χ4n) is 2.66. The fourth-order valence-corrected chi connectivity index (χ4v) is 3.01. The Balaban J connectivity index is 1.86. The Morgan fingerprint density at radius 3 is 2.43 bits per heavy atom. The smallest absolute Gasteiger partial charge is 0.271 e. The minimum atomic E-state index is -3.25. The molecular weight excluding hydrogens is 435 g/mol. The summed E-state index contributed by atoms with van der Waals surface area (Å²) in [5, 5.41) is 8.84. The summed E-state index contributed by atoms with van der Waals surface area (Å²) in [6, 6.07) is 12.9. The van der Waals surface area contributed by atoms with Gasteiger partial charge in [0.05, 0.1) is 17.1 Å². The zero-order valence-corrected chi connectivity index (χ0v) is 17.3. The van der Waals surface area contributed by atoms with Crippen LogP contribution >= 0.6 is 23.2 Å². The average Bonchev–Trinajstić information content (AvgIpc) is 2.69. The highest BCUT2D eigenvalue weighted by Gasteiger charge is 2.35. The third-order valence-electron chi connectivity index (χ3n) is 4.12. The summed E-state index contributed by atoms with van der Waals surface area (Å²) in [4.78, 5) is 4.15. The summed E-state index contributed by atoms with van der Waals surface area (Å²) in [5.41, 5.74) is 5.74. The largest absolute Gasteiger partial charge is 0.439 e. The Kier molecular flexibility index (Phi) is 6.43. The number of nitrogens with zero attached hydrogens (tertiary/aromatic N) is 1. The lowest BCUT2D eigenvalue weighted by molar-refractivity contribution is 0.0649. The number of rotatable bonds is 4. The van der Waals surface area contributed by atoms with Gasteiger partial charge in [0.2, 0.25) is 11.8 Å². The van der Waals surface area contributed by atoms with E-state index in [-0.39, 0.29) is 40.4 Å². The highest BCUT2D eigenvalue weighted by Crippen LogP contribution is 2.33. The van der Waals surface area contributed by atoms with Gasteiger partial charge in [-0.2, -0.15) is 0 Å². The third kappa shape index (κ3) is 5.17. The number of nitrogens with one attached hydrogen (secondary N) is 1. The van der Waals surface area contributed by atoms with E-state index in [9.17, 15) is 8.78 Å². The minimum Gasteiger partial charge on any atom is -0.439 e. The second-order valence-corrected chi connectivity index (χ2v) is 7.25. The fraction of sp³-hybridized carbons (Fsp3) is 0.143. The van der Waals surface area contributed by atoms with E-state index in [0.717, 1.165) is 13.0 Å². The standard InChI is InChI=1S/C21H17Cl2F2N3O2/c1-21(24,25)16-10-18(29-13-8-6-12(22)7-9-13)28-11-15(16)20(27)30-19(26)14-4-2-3-5-17(14)23/h2-10,26H,11,27H2,1H3/b20-15-,26-19?. The molecule has 0 radical (unpaired) electrons. The molecule has 0 saturated carbocycles. The molecule has 9 heteroatoms. The molecule has 0 unspecified atom stereocenters. The SMILES string of the molecule is CC(F)(F)C1=CC(Oc2ccc(Cl)cc2)=NC/C1=C(\N)OC(=N)c1ccccc1Cl. The molecule has 5 nitrogen and oxygen atoms in total. The summed E-state index contributed by atoms with van der Waals surface area (Å²) in [7, 11) is 0. The van der Waals surface area contributed by atoms with Crippen LogP contribution < -0.4 is 10.5 Å². The summed E-state index contributed by atoms with van der Waals surface area (Å²) < 4.78 is 39.4. The lowest BCUT2D eigenvalue weighted by Gasteiger charge is -2.23. The topological polar surface area (TPSA) is 80.7 Å². The van der Waals surface area contributed by atoms with E-state index in [2.05, 4.69) is 4.99 Å². The van der Waals surface area contributed by atoms with E-state index in [1.54, 1.807) is 48.5 Å². The highest BCUT2D eigenvalue weighted by atomic mass is 35.5. The van der Waals surface area contributed by atoms with Gasteiger partial charge in [0.25, 0.3) is 5.92 Å². The van der Waals surface area contributed by atoms with Gasteiger partial charge in [0.1, 0.15) is 5.75 Å². The van der Waals surface area contributed by atoms with Crippen molar-refractivity contribution in [2.45, 2.75) is 12.8 Å². The number of nitrogens with two attached hydrogens (primary N) is 1. The molecule has 1 aliphatic rings. The zero-order chi connectivity index (χ0) is 21.9. The van der Waals surface area contributed by atoms with Crippen molar-refractivity contribution in [2.75, 3.05) is 6.54 Å². The Hall–Kier alpha value is -2.90. The number of hydrogen-bond donors (Lipinski definition) is 2. The van der Waals surface area contributed by atoms with Gasteiger partial charge >= 0.3 is 0 Å². The van der Waals surface area contributed by atoms with Gasteiger partial charge in [-0.05, 0) is 36.4 Å². The van der Waals surface area contributed by atoms with Gasteiger partial charge in [-0.1, -0.05) is 35.3 Å². The van der Waals surface area contributed by atoms with Crippen molar-refractivity contribution < 1.29 is 18.3 Å². The molecule has 0 bridgehead atoms. The van der Waals surface area contributed by atoms with Crippen molar-refractivity contribution >= 4 is 35.0 Å². The van der Waals surface area contributed by atoms with Crippen LogP contribution in [-0.4, -0.2) is 24.3 Å². The molecule has 156 valence electrons. The second kappa shape index (κ2) is 8.85. The van der Waals surface area contributed by atoms with E-state index >= 15 is 0 Å². The van der Waals surface area contributed by atoms with Crippen LogP contribution in [0.4, 0.5) is 8.78 Å². The molecule has 2 aromatic carbocycles. The Bertz CT molecular complexity index is 1060. The van der Waals surface area contributed by atoms with Crippen LogP contribution in [0.1, 0.15) is 12.5 Å². The number of ether oxygens (including phenoxy) is 2. The first kappa shape index (κ1) is 21.8. The maximum absolute atomic E-state index is 14.3. The molecule has 1 aliphatic heterocycles. The molecule has 30 heavy (non-hydrogen) atoms. The number of alkyl halides is 2. The number of aliphatic imine (C=N–C) groups is 1. The van der Waals surface area contributed by atoms with E-state index in [0.29, 0.717) is 10.8 Å². The van der Waals surface area contributed by atoms with Gasteiger partial charge in [-0.3, -0.25) is 5.41 Å². The number of hydrogen-bond acceptors (Lipinski definition) is 5. The monoisotopic (exact) mass is 451 g/mol. The molecular formula is C21H17Cl2F2N3O2. The normalized spacial score (nSPS) is 15.8. The molecule has 0 amide bonds. The van der Waals surface area contributed by atoms with Crippen LogP contribution in [0, 0.1) is 5.41 Å². The van der Waals surface area contributed by atoms with Gasteiger partial charge in [0.15, 0.2) is 5.88 Å². The van der Waals surface area contributed by atoms with E-state index in [1.165, 1.54) is 0 Å². The van der Waals surface area contributed by atoms with Crippen molar-refractivity contribution in [3.8, 4) is 5.75 Å². The summed E-state index contributed by atoms with van der Waals surface area (Å²) in [6.07, 6.45) is 1.10. The lowest BCUT2D eigenvalue weighted by Crippen LogP contribution is -2.27. The first-order chi connectivity index (χ1) is 14.1. The van der Waals surface area contributed by atoms with Crippen LogP contribution in [0.3, 0.4) is 0 Å². The van der Waals surface area contributed by atoms with Crippen LogP contribution in [-0.2, 0) is 4.74 Å². The number of benzene rings is 2. The van der Waals surface area contributed by atoms with E-state index < -0.39 is 11.5 Å². The number of halogens is 4. The van der Waals surface area contributed by atoms with Crippen molar-refractivity contribution in [1.82, 2.24) is 0 Å². The maximum atomic E-state index is 14.3. The van der Waals surface area contributed by atoms with Crippen LogP contribution in [0.15, 0.2) is 76.6 Å². The summed E-state index contributed by atoms with van der Waals surface area (Å²) in [5.74, 6) is -3.59. The van der Waals surface area contributed by atoms with E-state index in [1.807, 2.05) is 0 Å². The molecule has 2 aromatic rings. The van der Waals surface area contributed by atoms with E-state index in [4.69, 9.17) is 43.8 Å². The molecule has 0 saturated heterocycles. The number of dihydropyridines is 1. The van der Waals surface area contributed by atoms with Crippen LogP contribution in [0.2, 0.25) is 10.0 Å². The first-order valence-corrected chi connectivity index (χ1v) is 9.49. The predicted molar refractivity (Wildman–Crippen MR) is 114 cm³/mol. The van der Waals surface area contributed by atoms with Crippen LogP contribution in [0.5, 0.6) is 5.75 Å². The van der Waals surface area contributed by atoms with Crippen molar-refractivity contribution in [1.29, 1.82) is 5.41 Å². The molecule has 1 heterocycles. The van der Waals surface area contributed by atoms with Gasteiger partial charge in [-0.15, -0.1) is 0 Å². The molecule has 0 fully saturated rings. The van der Waals surface area contributed by atoms with Crippen molar-refractivity contribution in [3.05, 3.63) is 87.2 Å². The average molecular weight is 452 g/mol. The first-order valence-electron chi connectivity index (χ1n) is 8.73. The van der Waals surface area contributed by atoms with Gasteiger partial charge < -0.3 is 15.2 Å². The van der Waals surface area contributed by atoms with Crippen molar-refractivity contribution in [3.63, 3.8) is 0 Å². The zero-order valence-electron chi connectivity index (χ0n) is 15.8. The molecule has 3 rings (SSSR count). The Morgan fingerprint density at radius 1 is 1.13 bits per heavy atom. The predicted octanol–water partition coefficient (Wildman–Crippen LogP) is 5.58. The summed E-state index contributed by atoms with van der Waals surface area (Å²) >= 11 is 11.9. The Morgan fingerprint density at radius 2 is 1.80 bits per heavy atom. The second-order valence-electron chi connectivity index (χ2n) is 6.41. The quantitative estimate of drug-likeness (QED) is 0.361. The Labute approximate surface area is 181 Å². The van der Waals surface area contributed by atoms with Gasteiger partial charge in [-0.25, -0.2) is 13.8 Å². The maximum Gasteiger partial charge on any atom is 0.271 e. The van der Waals surface area contributed by atoms with Gasteiger partial charge in [0, 0.05) is 29.2 Å². The molecule has 0 aliphatic carbocycles. The third-order valence-corrected chi connectivity index (χ3v) is 4.70. The summed E-state index contributed by atoms with van der Waals surface area (Å²) in [6.45, 7) is 0.524. The van der Waals surface area contributed by atoms with Crippen LogP contribution in [0.25, 0.3) is 0 Å². The molecule has 3 N–H and O–H groups in total. The molecule has 0 aromatic heterocycles. The molecule has 0 atom stereocenters.